The van der Waals surface area contributed by atoms with E-state index in [1.165, 1.54) is 38.9 Å². The number of aromatic nitrogens is 2. The zero-order valence-electron chi connectivity index (χ0n) is 14.6. The maximum atomic E-state index is 4.12. The first-order valence-electron chi connectivity index (χ1n) is 8.53. The van der Waals surface area contributed by atoms with Gasteiger partial charge in [-0.2, -0.15) is 0 Å². The van der Waals surface area contributed by atoms with Crippen LogP contribution in [0.2, 0.25) is 0 Å². The maximum absolute atomic E-state index is 4.12. The van der Waals surface area contributed by atoms with E-state index in [-0.39, 0.29) is 0 Å². The average Bonchev–Trinajstić information content (AvgIpc) is 2.88. The number of nitrogens with zero attached hydrogens (tertiary/aromatic N) is 3. The topological polar surface area (TPSA) is 21.1 Å². The van der Waals surface area contributed by atoms with Gasteiger partial charge >= 0.3 is 0 Å². The molecule has 3 heteroatoms. The SMILES string of the molecule is CC(=Cn1c2c(c3cc(C)ccc31)CCN(C)C2)c1ccncc1. The summed E-state index contributed by atoms with van der Waals surface area (Å²) in [5, 5.41) is 1.41. The number of rotatable bonds is 2. The third-order valence-corrected chi connectivity index (χ3v) is 5.00. The van der Waals surface area contributed by atoms with Gasteiger partial charge in [0.1, 0.15) is 0 Å². The minimum Gasteiger partial charge on any atom is -0.318 e. The Balaban J connectivity index is 1.93. The molecule has 24 heavy (non-hydrogen) atoms. The Morgan fingerprint density at radius 2 is 1.96 bits per heavy atom. The van der Waals surface area contributed by atoms with Gasteiger partial charge < -0.3 is 9.47 Å². The van der Waals surface area contributed by atoms with E-state index in [2.05, 4.69) is 71.9 Å². The molecule has 3 nitrogen and oxygen atoms in total. The molecule has 0 N–H and O–H groups in total. The van der Waals surface area contributed by atoms with Crippen molar-refractivity contribution in [1.82, 2.24) is 14.5 Å². The molecule has 0 bridgehead atoms. The summed E-state index contributed by atoms with van der Waals surface area (Å²) in [4.78, 5) is 6.53. The highest BCUT2D eigenvalue weighted by atomic mass is 15.1. The first-order chi connectivity index (χ1) is 11.6. The van der Waals surface area contributed by atoms with Crippen molar-refractivity contribution in [1.29, 1.82) is 0 Å². The van der Waals surface area contributed by atoms with E-state index in [1.54, 1.807) is 0 Å². The quantitative estimate of drug-likeness (QED) is 0.700. The molecule has 0 amide bonds. The number of allylic oxidation sites excluding steroid dienone is 1. The van der Waals surface area contributed by atoms with Gasteiger partial charge in [0.15, 0.2) is 0 Å². The first kappa shape index (κ1) is 15.2. The van der Waals surface area contributed by atoms with E-state index in [4.69, 9.17) is 0 Å². The lowest BCUT2D eigenvalue weighted by Crippen LogP contribution is -2.27. The number of hydrogen-bond donors (Lipinski definition) is 0. The van der Waals surface area contributed by atoms with Gasteiger partial charge in [-0.15, -0.1) is 0 Å². The van der Waals surface area contributed by atoms with Crippen LogP contribution in [0.4, 0.5) is 0 Å². The average molecular weight is 317 g/mol. The predicted molar refractivity (Wildman–Crippen MR) is 101 cm³/mol. The number of benzene rings is 1. The second-order valence-corrected chi connectivity index (χ2v) is 6.85. The lowest BCUT2D eigenvalue weighted by Gasteiger charge is -2.24. The summed E-state index contributed by atoms with van der Waals surface area (Å²) in [7, 11) is 2.20. The van der Waals surface area contributed by atoms with Crippen molar-refractivity contribution in [3.63, 3.8) is 0 Å². The van der Waals surface area contributed by atoms with E-state index in [9.17, 15) is 0 Å². The maximum Gasteiger partial charge on any atom is 0.0529 e. The molecule has 0 fully saturated rings. The second kappa shape index (κ2) is 5.91. The van der Waals surface area contributed by atoms with E-state index < -0.39 is 0 Å². The van der Waals surface area contributed by atoms with Crippen molar-refractivity contribution in [2.45, 2.75) is 26.8 Å². The number of likely N-dealkylation sites (N-methyl/N-ethyl adjacent to an activating group) is 1. The minimum atomic E-state index is 1.00. The molecular formula is C21H23N3. The third kappa shape index (κ3) is 2.55. The first-order valence-corrected chi connectivity index (χ1v) is 8.53. The van der Waals surface area contributed by atoms with Gasteiger partial charge in [-0.3, -0.25) is 4.98 Å². The highest BCUT2D eigenvalue weighted by Gasteiger charge is 2.21. The number of hydrogen-bond acceptors (Lipinski definition) is 2. The molecule has 1 aromatic carbocycles. The summed E-state index contributed by atoms with van der Waals surface area (Å²) in [5.41, 5.74) is 8.07. The summed E-state index contributed by atoms with van der Waals surface area (Å²) in [6.45, 7) is 6.49. The lowest BCUT2D eigenvalue weighted by molar-refractivity contribution is 0.308. The summed E-state index contributed by atoms with van der Waals surface area (Å²) in [5.74, 6) is 0. The summed E-state index contributed by atoms with van der Waals surface area (Å²) < 4.78 is 2.40. The Bertz CT molecular complexity index is 919. The Labute approximate surface area is 143 Å². The molecule has 0 radical (unpaired) electrons. The molecule has 0 unspecified atom stereocenters. The number of pyridine rings is 1. The number of fused-ring (bicyclic) bond motifs is 3. The van der Waals surface area contributed by atoms with Crippen LogP contribution in [-0.4, -0.2) is 28.0 Å². The van der Waals surface area contributed by atoms with Crippen LogP contribution in [0.3, 0.4) is 0 Å². The van der Waals surface area contributed by atoms with Crippen LogP contribution in [0.15, 0.2) is 42.7 Å². The van der Waals surface area contributed by atoms with Crippen LogP contribution in [0.25, 0.3) is 22.7 Å². The van der Waals surface area contributed by atoms with Crippen LogP contribution in [0.1, 0.15) is 29.3 Å². The Hall–Kier alpha value is -2.39. The summed E-state index contributed by atoms with van der Waals surface area (Å²) in [6.07, 6.45) is 7.12. The standard InChI is InChI=1S/C21H23N3/c1-15-4-5-20-19(12-15)18-8-11-23(3)14-21(18)24(20)13-16(2)17-6-9-22-10-7-17/h4-7,9-10,12-13H,8,11,14H2,1-3H3. The van der Waals surface area contributed by atoms with Crippen molar-refractivity contribution >= 4 is 22.7 Å². The molecule has 2 aromatic heterocycles. The van der Waals surface area contributed by atoms with Gasteiger partial charge in [-0.25, -0.2) is 0 Å². The summed E-state index contributed by atoms with van der Waals surface area (Å²) >= 11 is 0. The van der Waals surface area contributed by atoms with E-state index in [1.807, 2.05) is 12.4 Å². The van der Waals surface area contributed by atoms with Gasteiger partial charge in [-0.05, 0) is 68.3 Å². The molecule has 0 aliphatic carbocycles. The fraction of sp³-hybridized carbons (Fsp3) is 0.286. The van der Waals surface area contributed by atoms with Gasteiger partial charge in [0, 0.05) is 42.8 Å². The van der Waals surface area contributed by atoms with E-state index in [0.717, 1.165) is 19.5 Å². The monoisotopic (exact) mass is 317 g/mol. The molecule has 122 valence electrons. The molecule has 0 saturated heterocycles. The highest BCUT2D eigenvalue weighted by molar-refractivity contribution is 5.90. The fourth-order valence-electron chi connectivity index (χ4n) is 3.67. The van der Waals surface area contributed by atoms with Crippen molar-refractivity contribution in [3.8, 4) is 0 Å². The van der Waals surface area contributed by atoms with Crippen LogP contribution in [-0.2, 0) is 13.0 Å². The van der Waals surface area contributed by atoms with Gasteiger partial charge in [0.25, 0.3) is 0 Å². The Morgan fingerprint density at radius 1 is 1.17 bits per heavy atom. The molecular weight excluding hydrogens is 294 g/mol. The van der Waals surface area contributed by atoms with E-state index >= 15 is 0 Å². The Kier molecular flexibility index (Phi) is 3.73. The van der Waals surface area contributed by atoms with Crippen LogP contribution in [0, 0.1) is 6.92 Å². The van der Waals surface area contributed by atoms with Crippen LogP contribution in [0.5, 0.6) is 0 Å². The van der Waals surface area contributed by atoms with Crippen molar-refractivity contribution in [3.05, 3.63) is 65.1 Å². The minimum absolute atomic E-state index is 1.00. The third-order valence-electron chi connectivity index (χ3n) is 5.00. The predicted octanol–water partition coefficient (Wildman–Crippen LogP) is 4.35. The fourth-order valence-corrected chi connectivity index (χ4v) is 3.67. The highest BCUT2D eigenvalue weighted by Crippen LogP contribution is 2.32. The molecule has 4 rings (SSSR count). The van der Waals surface area contributed by atoms with Crippen molar-refractivity contribution in [2.75, 3.05) is 13.6 Å². The van der Waals surface area contributed by atoms with Gasteiger partial charge in [0.2, 0.25) is 0 Å². The second-order valence-electron chi connectivity index (χ2n) is 6.85. The van der Waals surface area contributed by atoms with E-state index in [0.29, 0.717) is 0 Å². The molecule has 1 aliphatic rings. The molecule has 3 aromatic rings. The molecule has 0 atom stereocenters. The number of aryl methyl sites for hydroxylation is 1. The van der Waals surface area contributed by atoms with Gasteiger partial charge in [0.05, 0.1) is 5.52 Å². The molecule has 0 saturated carbocycles. The van der Waals surface area contributed by atoms with Crippen LogP contribution < -0.4 is 0 Å². The Morgan fingerprint density at radius 3 is 2.75 bits per heavy atom. The van der Waals surface area contributed by atoms with Gasteiger partial charge in [-0.1, -0.05) is 11.6 Å². The zero-order valence-corrected chi connectivity index (χ0v) is 14.6. The molecule has 0 spiro atoms. The normalized spacial score (nSPS) is 15.7. The smallest absolute Gasteiger partial charge is 0.0529 e. The summed E-state index contributed by atoms with van der Waals surface area (Å²) in [6, 6.07) is 11.0. The van der Waals surface area contributed by atoms with Crippen LogP contribution >= 0.6 is 0 Å². The van der Waals surface area contributed by atoms with Crippen molar-refractivity contribution < 1.29 is 0 Å². The van der Waals surface area contributed by atoms with Crippen molar-refractivity contribution in [2.24, 2.45) is 0 Å². The lowest BCUT2D eigenvalue weighted by atomic mass is 10.0. The molecule has 1 aliphatic heterocycles. The zero-order chi connectivity index (χ0) is 16.7. The largest absolute Gasteiger partial charge is 0.318 e. The molecule has 3 heterocycles.